The molecule has 8 nitrogen and oxygen atoms in total. The minimum absolute atomic E-state index is 0.174. The van der Waals surface area contributed by atoms with E-state index in [9.17, 15) is 4.79 Å². The van der Waals surface area contributed by atoms with E-state index in [-0.39, 0.29) is 5.56 Å². The molecule has 0 atom stereocenters. The van der Waals surface area contributed by atoms with Crippen molar-refractivity contribution in [2.45, 2.75) is 38.0 Å². The summed E-state index contributed by atoms with van der Waals surface area (Å²) in [6.45, 7) is 0. The summed E-state index contributed by atoms with van der Waals surface area (Å²) in [6, 6.07) is 7.28. The van der Waals surface area contributed by atoms with Gasteiger partial charge in [-0.3, -0.25) is 9.89 Å². The van der Waals surface area contributed by atoms with Crippen molar-refractivity contribution >= 4 is 10.9 Å². The largest absolute Gasteiger partial charge is 0.332 e. The first-order valence-corrected chi connectivity index (χ1v) is 9.15. The van der Waals surface area contributed by atoms with E-state index in [1.165, 1.54) is 38.4 Å². The van der Waals surface area contributed by atoms with E-state index in [0.29, 0.717) is 34.2 Å². The van der Waals surface area contributed by atoms with Gasteiger partial charge in [0.1, 0.15) is 0 Å². The van der Waals surface area contributed by atoms with Crippen LogP contribution >= 0.6 is 0 Å². The van der Waals surface area contributed by atoms with E-state index in [1.54, 1.807) is 18.2 Å². The van der Waals surface area contributed by atoms with Gasteiger partial charge < -0.3 is 9.51 Å². The van der Waals surface area contributed by atoms with Gasteiger partial charge in [0.05, 0.1) is 17.2 Å². The van der Waals surface area contributed by atoms with E-state index in [4.69, 9.17) is 4.52 Å². The highest BCUT2D eigenvalue weighted by molar-refractivity contribution is 5.82. The van der Waals surface area contributed by atoms with Gasteiger partial charge in [0.25, 0.3) is 11.4 Å². The number of hydrogen-bond acceptors (Lipinski definition) is 6. The monoisotopic (exact) mass is 362 g/mol. The van der Waals surface area contributed by atoms with Crippen LogP contribution in [0.4, 0.5) is 0 Å². The molecule has 136 valence electrons. The van der Waals surface area contributed by atoms with Gasteiger partial charge in [-0.1, -0.05) is 30.5 Å². The van der Waals surface area contributed by atoms with Gasteiger partial charge in [-0.15, -0.1) is 0 Å². The number of benzene rings is 1. The third-order valence-corrected chi connectivity index (χ3v) is 5.19. The van der Waals surface area contributed by atoms with Gasteiger partial charge in [0.15, 0.2) is 5.69 Å². The van der Waals surface area contributed by atoms with E-state index in [1.807, 2.05) is 6.07 Å². The molecule has 1 aliphatic carbocycles. The highest BCUT2D eigenvalue weighted by atomic mass is 16.5. The lowest BCUT2D eigenvalue weighted by Crippen LogP contribution is -2.05. The average molecular weight is 362 g/mol. The van der Waals surface area contributed by atoms with Crippen molar-refractivity contribution in [2.24, 2.45) is 0 Å². The summed E-state index contributed by atoms with van der Waals surface area (Å²) >= 11 is 0. The summed E-state index contributed by atoms with van der Waals surface area (Å²) in [5, 5.41) is 12.1. The molecule has 0 saturated heterocycles. The third-order valence-electron chi connectivity index (χ3n) is 5.19. The summed E-state index contributed by atoms with van der Waals surface area (Å²) in [6.07, 6.45) is 7.62. The van der Waals surface area contributed by atoms with E-state index in [0.717, 1.165) is 11.3 Å². The molecule has 0 bridgehead atoms. The Bertz CT molecular complexity index is 1150. The zero-order valence-electron chi connectivity index (χ0n) is 14.6. The maximum Gasteiger partial charge on any atom is 0.278 e. The molecular formula is C19H18N6O2. The number of aromatic amines is 2. The lowest BCUT2D eigenvalue weighted by Gasteiger charge is -2.19. The summed E-state index contributed by atoms with van der Waals surface area (Å²) in [5.41, 5.74) is 2.94. The molecule has 3 heterocycles. The van der Waals surface area contributed by atoms with Crippen LogP contribution < -0.4 is 5.56 Å². The van der Waals surface area contributed by atoms with Gasteiger partial charge in [0.2, 0.25) is 5.82 Å². The second-order valence-electron chi connectivity index (χ2n) is 6.93. The van der Waals surface area contributed by atoms with Crippen LogP contribution in [-0.4, -0.2) is 30.3 Å². The fraction of sp³-hybridized carbons (Fsp3) is 0.316. The number of aromatic nitrogens is 6. The van der Waals surface area contributed by atoms with Crippen LogP contribution in [0, 0.1) is 0 Å². The fourth-order valence-corrected chi connectivity index (χ4v) is 3.72. The Kier molecular flexibility index (Phi) is 3.81. The van der Waals surface area contributed by atoms with Crippen LogP contribution in [0.3, 0.4) is 0 Å². The highest BCUT2D eigenvalue weighted by Gasteiger charge is 2.20. The Morgan fingerprint density at radius 1 is 1.11 bits per heavy atom. The number of H-pyrrole nitrogens is 2. The van der Waals surface area contributed by atoms with E-state index >= 15 is 0 Å². The minimum Gasteiger partial charge on any atom is -0.332 e. The lowest BCUT2D eigenvalue weighted by molar-refractivity contribution is 0.431. The zero-order valence-corrected chi connectivity index (χ0v) is 14.6. The van der Waals surface area contributed by atoms with E-state index < -0.39 is 0 Å². The van der Waals surface area contributed by atoms with Gasteiger partial charge in [-0.05, 0) is 31.0 Å². The van der Waals surface area contributed by atoms with Gasteiger partial charge >= 0.3 is 0 Å². The first kappa shape index (κ1) is 15.9. The third kappa shape index (κ3) is 2.92. The molecule has 2 N–H and O–H groups in total. The first-order valence-electron chi connectivity index (χ1n) is 9.15. The molecule has 3 aromatic heterocycles. The lowest BCUT2D eigenvalue weighted by atomic mass is 9.87. The zero-order chi connectivity index (χ0) is 18.2. The molecule has 8 heteroatoms. The number of fused-ring (bicyclic) bond motifs is 1. The molecule has 27 heavy (non-hydrogen) atoms. The predicted molar refractivity (Wildman–Crippen MR) is 99.1 cm³/mol. The van der Waals surface area contributed by atoms with Crippen LogP contribution in [0.25, 0.3) is 33.9 Å². The van der Waals surface area contributed by atoms with Crippen molar-refractivity contribution < 1.29 is 4.52 Å². The van der Waals surface area contributed by atoms with Crippen molar-refractivity contribution in [3.05, 3.63) is 46.6 Å². The molecule has 0 radical (unpaired) electrons. The van der Waals surface area contributed by atoms with Gasteiger partial charge in [-0.2, -0.15) is 10.1 Å². The maximum atomic E-state index is 11.8. The number of nitrogens with zero attached hydrogens (tertiary/aromatic N) is 4. The van der Waals surface area contributed by atoms with Crippen molar-refractivity contribution in [2.75, 3.05) is 0 Å². The Hall–Kier alpha value is -3.29. The molecule has 1 aliphatic rings. The Balaban J connectivity index is 1.44. The Morgan fingerprint density at radius 2 is 2.00 bits per heavy atom. The molecule has 0 unspecified atom stereocenters. The van der Waals surface area contributed by atoms with Crippen molar-refractivity contribution in [3.8, 4) is 23.0 Å². The van der Waals surface area contributed by atoms with Gasteiger partial charge in [0, 0.05) is 17.2 Å². The molecule has 1 aromatic carbocycles. The van der Waals surface area contributed by atoms with Crippen LogP contribution in [0.15, 0.2) is 39.9 Å². The molecule has 0 aliphatic heterocycles. The Labute approximate surface area is 154 Å². The maximum absolute atomic E-state index is 11.8. The second kappa shape index (κ2) is 6.46. The van der Waals surface area contributed by atoms with Gasteiger partial charge in [-0.25, -0.2) is 4.98 Å². The average Bonchev–Trinajstić information content (AvgIpc) is 3.38. The SMILES string of the molecule is O=c1[nH]cnc2cc(-c3noc(-c4cc(C5CCCCC5)[nH]n4)n3)ccc12. The smallest absolute Gasteiger partial charge is 0.278 e. The summed E-state index contributed by atoms with van der Waals surface area (Å²) in [7, 11) is 0. The van der Waals surface area contributed by atoms with Crippen LogP contribution in [0.5, 0.6) is 0 Å². The molecule has 0 amide bonds. The molecule has 0 spiro atoms. The summed E-state index contributed by atoms with van der Waals surface area (Å²) in [5.74, 6) is 1.35. The minimum atomic E-state index is -0.174. The molecule has 1 fully saturated rings. The molecule has 1 saturated carbocycles. The van der Waals surface area contributed by atoms with Crippen molar-refractivity contribution in [3.63, 3.8) is 0 Å². The van der Waals surface area contributed by atoms with Crippen LogP contribution in [0.2, 0.25) is 0 Å². The topological polar surface area (TPSA) is 113 Å². The van der Waals surface area contributed by atoms with Crippen molar-refractivity contribution in [1.82, 2.24) is 30.3 Å². The number of nitrogens with one attached hydrogen (secondary N) is 2. The molecule has 5 rings (SSSR count). The Morgan fingerprint density at radius 3 is 2.89 bits per heavy atom. The highest BCUT2D eigenvalue weighted by Crippen LogP contribution is 2.33. The predicted octanol–water partition coefficient (Wildman–Crippen LogP) is 3.41. The number of rotatable bonds is 3. The normalized spacial score (nSPS) is 15.4. The fourth-order valence-electron chi connectivity index (χ4n) is 3.72. The molecular weight excluding hydrogens is 344 g/mol. The standard InChI is InChI=1S/C19H18N6O2/c26-18-13-7-6-12(8-15(13)20-10-21-18)17-22-19(27-25-17)16-9-14(23-24-16)11-4-2-1-3-5-11/h6-11H,1-5H2,(H,23,24)(H,20,21,26). The van der Waals surface area contributed by atoms with Crippen LogP contribution in [-0.2, 0) is 0 Å². The van der Waals surface area contributed by atoms with E-state index in [2.05, 4.69) is 30.3 Å². The summed E-state index contributed by atoms with van der Waals surface area (Å²) in [4.78, 5) is 23.0. The second-order valence-corrected chi connectivity index (χ2v) is 6.93. The quantitative estimate of drug-likeness (QED) is 0.577. The summed E-state index contributed by atoms with van der Waals surface area (Å²) < 4.78 is 5.41. The molecule has 4 aromatic rings. The first-order chi connectivity index (χ1) is 13.3. The number of hydrogen-bond donors (Lipinski definition) is 2. The van der Waals surface area contributed by atoms with Crippen LogP contribution in [0.1, 0.15) is 43.7 Å². The van der Waals surface area contributed by atoms with Crippen molar-refractivity contribution in [1.29, 1.82) is 0 Å².